The van der Waals surface area contributed by atoms with Gasteiger partial charge in [-0.15, -0.1) is 11.3 Å². The maximum atomic E-state index is 13.6. The van der Waals surface area contributed by atoms with E-state index < -0.39 is 0 Å². The van der Waals surface area contributed by atoms with Gasteiger partial charge in [0.15, 0.2) is 0 Å². The highest BCUT2D eigenvalue weighted by Gasteiger charge is 2.14. The minimum atomic E-state index is -0.307. The topological polar surface area (TPSA) is 42.1 Å². The number of hydrogen-bond acceptors (Lipinski definition) is 3. The standard InChI is InChI=1S/C16H10FNO2S/c1-20-11-4-2-3-9-13-10-7-8(17)5-6-12(10)21-15(13)16(19)18-14(9)11/h2-7H,1H3,(H,18,19). The van der Waals surface area contributed by atoms with Crippen LogP contribution in [0.2, 0.25) is 0 Å². The molecule has 2 heterocycles. The van der Waals surface area contributed by atoms with Crippen molar-refractivity contribution in [3.63, 3.8) is 0 Å². The number of hydrogen-bond donors (Lipinski definition) is 1. The summed E-state index contributed by atoms with van der Waals surface area (Å²) in [5.74, 6) is 0.292. The van der Waals surface area contributed by atoms with Crippen LogP contribution in [0.1, 0.15) is 0 Å². The Balaban J connectivity index is 2.35. The molecule has 0 radical (unpaired) electrons. The van der Waals surface area contributed by atoms with Crippen LogP contribution in [0.25, 0.3) is 31.1 Å². The Morgan fingerprint density at radius 3 is 2.86 bits per heavy atom. The zero-order valence-electron chi connectivity index (χ0n) is 11.1. The Hall–Kier alpha value is -2.40. The second kappa shape index (κ2) is 4.30. The molecule has 4 aromatic rings. The zero-order chi connectivity index (χ0) is 14.6. The summed E-state index contributed by atoms with van der Waals surface area (Å²) in [4.78, 5) is 15.2. The molecule has 0 saturated carbocycles. The third-order valence-corrected chi connectivity index (χ3v) is 4.78. The fourth-order valence-corrected chi connectivity index (χ4v) is 3.80. The van der Waals surface area contributed by atoms with E-state index in [-0.39, 0.29) is 11.4 Å². The van der Waals surface area contributed by atoms with Crippen molar-refractivity contribution >= 4 is 42.4 Å². The summed E-state index contributed by atoms with van der Waals surface area (Å²) >= 11 is 1.37. The summed E-state index contributed by atoms with van der Waals surface area (Å²) in [6.45, 7) is 0. The summed E-state index contributed by atoms with van der Waals surface area (Å²) in [5, 5.41) is 2.41. The molecule has 1 N–H and O–H groups in total. The zero-order valence-corrected chi connectivity index (χ0v) is 11.9. The van der Waals surface area contributed by atoms with E-state index in [2.05, 4.69) is 4.98 Å². The van der Waals surface area contributed by atoms with E-state index >= 15 is 0 Å². The van der Waals surface area contributed by atoms with Crippen molar-refractivity contribution in [1.29, 1.82) is 0 Å². The summed E-state index contributed by atoms with van der Waals surface area (Å²) < 4.78 is 20.4. The summed E-state index contributed by atoms with van der Waals surface area (Å²) in [5.41, 5.74) is 0.463. The summed E-state index contributed by atoms with van der Waals surface area (Å²) in [7, 11) is 1.56. The Morgan fingerprint density at radius 1 is 1.19 bits per heavy atom. The molecule has 3 nitrogen and oxygen atoms in total. The van der Waals surface area contributed by atoms with Crippen LogP contribution in [0.4, 0.5) is 4.39 Å². The van der Waals surface area contributed by atoms with Gasteiger partial charge in [-0.3, -0.25) is 4.79 Å². The van der Waals surface area contributed by atoms with Crippen molar-refractivity contribution in [2.24, 2.45) is 0 Å². The first-order valence-corrected chi connectivity index (χ1v) is 7.21. The van der Waals surface area contributed by atoms with E-state index in [4.69, 9.17) is 4.74 Å². The number of pyridine rings is 1. The number of ether oxygens (including phenoxy) is 1. The third kappa shape index (κ3) is 1.67. The molecule has 0 amide bonds. The van der Waals surface area contributed by atoms with E-state index in [9.17, 15) is 9.18 Å². The number of thiophene rings is 1. The number of nitrogens with one attached hydrogen (secondary N) is 1. The number of rotatable bonds is 1. The van der Waals surface area contributed by atoms with Crippen LogP contribution in [0.15, 0.2) is 41.2 Å². The van der Waals surface area contributed by atoms with E-state index in [0.717, 1.165) is 20.9 Å². The van der Waals surface area contributed by atoms with E-state index in [0.29, 0.717) is 16.0 Å². The molecule has 0 aliphatic carbocycles. The maximum absolute atomic E-state index is 13.6. The minimum absolute atomic E-state index is 0.177. The predicted molar refractivity (Wildman–Crippen MR) is 84.0 cm³/mol. The van der Waals surface area contributed by atoms with Crippen LogP contribution < -0.4 is 10.3 Å². The fraction of sp³-hybridized carbons (Fsp3) is 0.0625. The second-order valence-electron chi connectivity index (χ2n) is 4.78. The predicted octanol–water partition coefficient (Wildman–Crippen LogP) is 4.04. The molecule has 0 aliphatic heterocycles. The number of methoxy groups -OCH3 is 1. The number of fused-ring (bicyclic) bond motifs is 5. The quantitative estimate of drug-likeness (QED) is 0.576. The number of halogens is 1. The van der Waals surface area contributed by atoms with Crippen LogP contribution in [0, 0.1) is 5.82 Å². The molecule has 0 aliphatic rings. The molecule has 5 heteroatoms. The van der Waals surface area contributed by atoms with Crippen LogP contribution >= 0.6 is 11.3 Å². The number of benzene rings is 2. The molecule has 0 bridgehead atoms. The first-order chi connectivity index (χ1) is 10.2. The number of aromatic nitrogens is 1. The van der Waals surface area contributed by atoms with Gasteiger partial charge in [-0.25, -0.2) is 4.39 Å². The van der Waals surface area contributed by atoms with Gasteiger partial charge in [0.2, 0.25) is 0 Å². The average molecular weight is 299 g/mol. The SMILES string of the molecule is COc1cccc2c1[nH]c(=O)c1sc3ccc(F)cc3c12. The van der Waals surface area contributed by atoms with Gasteiger partial charge >= 0.3 is 0 Å². The number of para-hydroxylation sites is 1. The van der Waals surface area contributed by atoms with Gasteiger partial charge in [0.25, 0.3) is 5.56 Å². The van der Waals surface area contributed by atoms with E-state index in [1.54, 1.807) is 19.2 Å². The molecular weight excluding hydrogens is 289 g/mol. The summed E-state index contributed by atoms with van der Waals surface area (Å²) in [6.07, 6.45) is 0. The van der Waals surface area contributed by atoms with Crippen molar-refractivity contribution < 1.29 is 9.13 Å². The van der Waals surface area contributed by atoms with Crippen molar-refractivity contribution in [3.8, 4) is 5.75 Å². The van der Waals surface area contributed by atoms with Gasteiger partial charge in [-0.1, -0.05) is 12.1 Å². The molecule has 0 spiro atoms. The highest BCUT2D eigenvalue weighted by Crippen LogP contribution is 2.37. The first kappa shape index (κ1) is 12.3. The van der Waals surface area contributed by atoms with Crippen LogP contribution in [0.5, 0.6) is 5.75 Å². The Labute approximate surface area is 122 Å². The molecule has 21 heavy (non-hydrogen) atoms. The first-order valence-electron chi connectivity index (χ1n) is 6.40. The van der Waals surface area contributed by atoms with Gasteiger partial charge in [-0.2, -0.15) is 0 Å². The molecule has 0 atom stereocenters. The normalized spacial score (nSPS) is 11.5. The third-order valence-electron chi connectivity index (χ3n) is 3.61. The molecule has 104 valence electrons. The Morgan fingerprint density at radius 2 is 2.05 bits per heavy atom. The smallest absolute Gasteiger partial charge is 0.266 e. The van der Waals surface area contributed by atoms with Gasteiger partial charge in [-0.05, 0) is 24.3 Å². The lowest BCUT2D eigenvalue weighted by Gasteiger charge is -2.06. The fourth-order valence-electron chi connectivity index (χ4n) is 2.71. The molecule has 4 rings (SSSR count). The van der Waals surface area contributed by atoms with Crippen LogP contribution in [0.3, 0.4) is 0 Å². The number of aromatic amines is 1. The maximum Gasteiger partial charge on any atom is 0.266 e. The van der Waals surface area contributed by atoms with Crippen LogP contribution in [-0.2, 0) is 0 Å². The van der Waals surface area contributed by atoms with Gasteiger partial charge in [0, 0.05) is 20.9 Å². The molecule has 0 saturated heterocycles. The minimum Gasteiger partial charge on any atom is -0.495 e. The van der Waals surface area contributed by atoms with Crippen molar-refractivity contribution in [2.75, 3.05) is 7.11 Å². The van der Waals surface area contributed by atoms with Crippen molar-refractivity contribution in [1.82, 2.24) is 4.98 Å². The molecular formula is C16H10FNO2S. The van der Waals surface area contributed by atoms with Crippen molar-refractivity contribution in [2.45, 2.75) is 0 Å². The van der Waals surface area contributed by atoms with E-state index in [1.165, 1.54) is 23.5 Å². The monoisotopic (exact) mass is 299 g/mol. The Kier molecular flexibility index (Phi) is 2.53. The second-order valence-corrected chi connectivity index (χ2v) is 5.84. The molecule has 0 unspecified atom stereocenters. The highest BCUT2D eigenvalue weighted by atomic mass is 32.1. The average Bonchev–Trinajstić information content (AvgIpc) is 2.86. The number of H-pyrrole nitrogens is 1. The largest absolute Gasteiger partial charge is 0.495 e. The molecule has 2 aromatic heterocycles. The van der Waals surface area contributed by atoms with Gasteiger partial charge < -0.3 is 9.72 Å². The summed E-state index contributed by atoms with van der Waals surface area (Å²) in [6, 6.07) is 10.2. The lowest BCUT2D eigenvalue weighted by Crippen LogP contribution is -2.05. The van der Waals surface area contributed by atoms with Gasteiger partial charge in [0.1, 0.15) is 16.3 Å². The van der Waals surface area contributed by atoms with E-state index in [1.807, 2.05) is 12.1 Å². The lowest BCUT2D eigenvalue weighted by atomic mass is 10.1. The molecule has 2 aromatic carbocycles. The highest BCUT2D eigenvalue weighted by molar-refractivity contribution is 7.26. The van der Waals surface area contributed by atoms with Gasteiger partial charge in [0.05, 0.1) is 12.6 Å². The lowest BCUT2D eigenvalue weighted by molar-refractivity contribution is 0.419. The van der Waals surface area contributed by atoms with Crippen LogP contribution in [-0.4, -0.2) is 12.1 Å². The Bertz CT molecular complexity index is 1060. The van der Waals surface area contributed by atoms with Crippen molar-refractivity contribution in [3.05, 3.63) is 52.6 Å². The molecule has 0 fully saturated rings.